The number of benzene rings is 2. The van der Waals surface area contributed by atoms with Crippen molar-refractivity contribution >= 4 is 182 Å². The van der Waals surface area contributed by atoms with E-state index in [-0.39, 0.29) is 74.8 Å². The van der Waals surface area contributed by atoms with Crippen LogP contribution in [0.2, 0.25) is 0 Å². The molecule has 6 atom stereocenters. The summed E-state index contributed by atoms with van der Waals surface area (Å²) in [5.74, 6) is -4.68. The Morgan fingerprint density at radius 1 is 0.433 bits per heavy atom. The third-order valence-corrected chi connectivity index (χ3v) is 15.4. The average molecular weight is 1620 g/mol. The molecular formula is C38H50I6N6O17. The van der Waals surface area contributed by atoms with E-state index in [0.29, 0.717) is 0 Å². The zero-order chi connectivity index (χ0) is 51.0. The fourth-order valence-electron chi connectivity index (χ4n) is 5.65. The standard InChI is InChI=1S/C38H50I6N6O17/c1-15(55)49(33-29(41)23(35(63)45-3-17(57)9-51)27(39)24(30(33)42)36(64)46-4-18(58)10-52)7-21(61)8-50(16(2)56)34-31(43)25(37(65)47-5-19(59)11-53)28(40)26(32(34)44)38(66)48-6-20(60)13-67-14-22(62)12-54/h17-22,51-54,57-62H,3-14H2,1-2H3,(H,45,63)(H,46,64)(H,47,65)(H,48,66). The molecule has 67 heavy (non-hydrogen) atoms. The lowest BCUT2D eigenvalue weighted by Crippen LogP contribution is -2.45. The van der Waals surface area contributed by atoms with Crippen molar-refractivity contribution < 1.29 is 84.6 Å². The highest BCUT2D eigenvalue weighted by molar-refractivity contribution is 14.1. The van der Waals surface area contributed by atoms with Gasteiger partial charge in [0.15, 0.2) is 0 Å². The van der Waals surface area contributed by atoms with Gasteiger partial charge in [-0.1, -0.05) is 0 Å². The summed E-state index contributed by atoms with van der Waals surface area (Å²) in [6.07, 6.45) is -8.17. The van der Waals surface area contributed by atoms with Crippen molar-refractivity contribution in [1.29, 1.82) is 0 Å². The predicted octanol–water partition coefficient (Wildman–Crippen LogP) is -2.21. The number of carbonyl (C=O) groups excluding carboxylic acids is 6. The number of carbonyl (C=O) groups is 6. The van der Waals surface area contributed by atoms with Crippen molar-refractivity contribution in [2.45, 2.75) is 50.5 Å². The Morgan fingerprint density at radius 3 is 0.940 bits per heavy atom. The lowest BCUT2D eigenvalue weighted by atomic mass is 10.1. The highest BCUT2D eigenvalue weighted by Gasteiger charge is 2.35. The molecule has 0 heterocycles. The van der Waals surface area contributed by atoms with E-state index in [9.17, 15) is 74.7 Å². The second kappa shape index (κ2) is 30.3. The van der Waals surface area contributed by atoms with Crippen molar-refractivity contribution in [2.24, 2.45) is 0 Å². The van der Waals surface area contributed by atoms with Crippen LogP contribution in [0.5, 0.6) is 0 Å². The molecule has 0 bridgehead atoms. The fraction of sp³-hybridized carbons (Fsp3) is 0.526. The van der Waals surface area contributed by atoms with Crippen LogP contribution >= 0.6 is 136 Å². The lowest BCUT2D eigenvalue weighted by molar-refractivity contribution is -0.117. The number of rotatable bonds is 26. The minimum absolute atomic E-state index is 0.0261. The minimum atomic E-state index is -1.65. The molecule has 23 nitrogen and oxygen atoms in total. The molecule has 0 fully saturated rings. The molecule has 14 N–H and O–H groups in total. The summed E-state index contributed by atoms with van der Waals surface area (Å²) in [4.78, 5) is 84.4. The number of anilines is 2. The summed E-state index contributed by atoms with van der Waals surface area (Å²) in [6.45, 7) is -3.76. The van der Waals surface area contributed by atoms with Gasteiger partial charge in [0, 0.05) is 47.2 Å². The van der Waals surface area contributed by atoms with Crippen LogP contribution in [0, 0.1) is 21.4 Å². The van der Waals surface area contributed by atoms with Gasteiger partial charge in [0.25, 0.3) is 23.6 Å². The summed E-state index contributed by atoms with van der Waals surface area (Å²) in [5.41, 5.74) is -0.606. The second-order valence-corrected chi connectivity index (χ2v) is 20.8. The molecule has 6 amide bonds. The molecule has 0 aliphatic rings. The van der Waals surface area contributed by atoms with E-state index in [1.807, 2.05) is 0 Å². The third kappa shape index (κ3) is 17.7. The first-order valence-electron chi connectivity index (χ1n) is 19.6. The maximum Gasteiger partial charge on any atom is 0.253 e. The van der Waals surface area contributed by atoms with Gasteiger partial charge in [-0.2, -0.15) is 0 Å². The van der Waals surface area contributed by atoms with Crippen molar-refractivity contribution in [3.8, 4) is 0 Å². The largest absolute Gasteiger partial charge is 0.394 e. The van der Waals surface area contributed by atoms with Crippen LogP contribution in [0.4, 0.5) is 11.4 Å². The highest BCUT2D eigenvalue weighted by Crippen LogP contribution is 2.40. The molecule has 0 aliphatic carbocycles. The van der Waals surface area contributed by atoms with Crippen LogP contribution in [0.1, 0.15) is 55.3 Å². The lowest BCUT2D eigenvalue weighted by Gasteiger charge is -2.32. The van der Waals surface area contributed by atoms with Gasteiger partial charge in [-0.15, -0.1) is 0 Å². The maximum atomic E-state index is 13.9. The van der Waals surface area contributed by atoms with Gasteiger partial charge in [0.1, 0.15) is 6.10 Å². The van der Waals surface area contributed by atoms with Crippen LogP contribution in [-0.4, -0.2) is 202 Å². The number of halogens is 6. The van der Waals surface area contributed by atoms with Crippen LogP contribution in [0.3, 0.4) is 0 Å². The van der Waals surface area contributed by atoms with Crippen LogP contribution in [-0.2, 0) is 14.3 Å². The summed E-state index contributed by atoms with van der Waals surface area (Å²) in [7, 11) is 0. The van der Waals surface area contributed by atoms with Gasteiger partial charge >= 0.3 is 0 Å². The van der Waals surface area contributed by atoms with Gasteiger partial charge in [-0.05, 0) is 136 Å². The Morgan fingerprint density at radius 2 is 0.687 bits per heavy atom. The van der Waals surface area contributed by atoms with Gasteiger partial charge < -0.3 is 86.9 Å². The number of hydrogen-bond donors (Lipinski definition) is 14. The molecule has 0 saturated heterocycles. The van der Waals surface area contributed by atoms with Crippen LogP contribution in [0.25, 0.3) is 0 Å². The molecular weight excluding hydrogens is 1570 g/mol. The number of aliphatic hydroxyl groups excluding tert-OH is 10. The van der Waals surface area contributed by atoms with Gasteiger partial charge in [0.05, 0.1) is 131 Å². The normalized spacial score (nSPS) is 14.0. The molecule has 29 heteroatoms. The monoisotopic (exact) mass is 1620 g/mol. The minimum Gasteiger partial charge on any atom is -0.394 e. The Kier molecular flexibility index (Phi) is 28.2. The fourth-order valence-corrected chi connectivity index (χ4v) is 15.1. The first-order valence-corrected chi connectivity index (χ1v) is 26.1. The number of aliphatic hydroxyl groups is 10. The molecule has 6 unspecified atom stereocenters. The number of hydrogen-bond acceptors (Lipinski definition) is 17. The summed E-state index contributed by atoms with van der Waals surface area (Å²) in [5, 5.41) is 109. The summed E-state index contributed by atoms with van der Waals surface area (Å²) in [6, 6.07) is 0. The van der Waals surface area contributed by atoms with E-state index in [4.69, 9.17) is 9.84 Å². The Hall–Kier alpha value is -0.800. The van der Waals surface area contributed by atoms with E-state index < -0.39 is 131 Å². The molecule has 0 aliphatic heterocycles. The Balaban J connectivity index is 2.79. The zero-order valence-corrected chi connectivity index (χ0v) is 48.4. The van der Waals surface area contributed by atoms with Gasteiger partial charge in [0.2, 0.25) is 11.8 Å². The molecule has 2 rings (SSSR count). The van der Waals surface area contributed by atoms with E-state index in [0.717, 1.165) is 23.6 Å². The molecule has 0 aromatic heterocycles. The average Bonchev–Trinajstić information content (AvgIpc) is 3.27. The van der Waals surface area contributed by atoms with Crippen molar-refractivity contribution in [3.05, 3.63) is 43.7 Å². The topological polar surface area (TPSA) is 369 Å². The van der Waals surface area contributed by atoms with E-state index in [2.05, 4.69) is 21.3 Å². The Labute approximate surface area is 465 Å². The zero-order valence-electron chi connectivity index (χ0n) is 35.4. The van der Waals surface area contributed by atoms with Crippen molar-refractivity contribution in [2.75, 3.05) is 88.7 Å². The SMILES string of the molecule is CC(=O)N(CC(O)CN(C(C)=O)c1c(I)c(C(=O)NCC(O)CO)c(I)c(C(=O)NCC(O)COCC(O)CO)c1I)c1c(I)c(C(=O)NCC(O)CO)c(I)c(C(=O)NCC(O)CO)c1I. The second-order valence-electron chi connectivity index (χ2n) is 14.4. The molecule has 376 valence electrons. The van der Waals surface area contributed by atoms with Crippen molar-refractivity contribution in [1.82, 2.24) is 21.3 Å². The van der Waals surface area contributed by atoms with Gasteiger partial charge in [-0.25, -0.2) is 0 Å². The van der Waals surface area contributed by atoms with E-state index >= 15 is 0 Å². The highest BCUT2D eigenvalue weighted by atomic mass is 127. The van der Waals surface area contributed by atoms with E-state index in [1.54, 1.807) is 136 Å². The molecule has 0 radical (unpaired) electrons. The van der Waals surface area contributed by atoms with Crippen LogP contribution in [0.15, 0.2) is 0 Å². The first-order chi connectivity index (χ1) is 31.4. The third-order valence-electron chi connectivity index (χ3n) is 9.04. The Bertz CT molecular complexity index is 2060. The predicted molar refractivity (Wildman–Crippen MR) is 290 cm³/mol. The number of nitrogens with one attached hydrogen (secondary N) is 4. The van der Waals surface area contributed by atoms with Crippen LogP contribution < -0.4 is 31.1 Å². The molecule has 2 aromatic rings. The maximum absolute atomic E-state index is 13.9. The summed E-state index contributed by atoms with van der Waals surface area (Å²) < 4.78 is 5.75. The number of ether oxygens (including phenoxy) is 1. The molecule has 0 saturated carbocycles. The first kappa shape index (κ1) is 62.3. The van der Waals surface area contributed by atoms with Gasteiger partial charge in [-0.3, -0.25) is 28.8 Å². The number of nitrogens with zero attached hydrogens (tertiary/aromatic N) is 2. The number of amides is 6. The smallest absolute Gasteiger partial charge is 0.253 e. The van der Waals surface area contributed by atoms with Crippen molar-refractivity contribution in [3.63, 3.8) is 0 Å². The summed E-state index contributed by atoms with van der Waals surface area (Å²) >= 11 is 10.6. The molecule has 2 aromatic carbocycles. The molecule has 0 spiro atoms. The quantitative estimate of drug-likeness (QED) is 0.0444. The van der Waals surface area contributed by atoms with E-state index in [1.165, 1.54) is 0 Å².